The highest BCUT2D eigenvalue weighted by molar-refractivity contribution is 7.11. The quantitative estimate of drug-likeness (QED) is 0.762. The van der Waals surface area contributed by atoms with Crippen LogP contribution in [0.5, 0.6) is 0 Å². The summed E-state index contributed by atoms with van der Waals surface area (Å²) in [4.78, 5) is 17.1. The van der Waals surface area contributed by atoms with Crippen LogP contribution in [0.1, 0.15) is 35.8 Å². The van der Waals surface area contributed by atoms with Gasteiger partial charge >= 0.3 is 0 Å². The molecule has 96 valence electrons. The number of hydrogen-bond acceptors (Lipinski definition) is 4. The predicted octanol–water partition coefficient (Wildman–Crippen LogP) is 1.76. The molecular formula is C12H21N3OS. The lowest BCUT2D eigenvalue weighted by Gasteiger charge is -2.08. The summed E-state index contributed by atoms with van der Waals surface area (Å²) in [5.74, 6) is 0.0963. The van der Waals surface area contributed by atoms with Gasteiger partial charge in [-0.2, -0.15) is 0 Å². The van der Waals surface area contributed by atoms with Crippen molar-refractivity contribution >= 4 is 17.2 Å². The Morgan fingerprint density at radius 2 is 2.12 bits per heavy atom. The number of aromatic nitrogens is 1. The molecule has 1 aromatic heterocycles. The van der Waals surface area contributed by atoms with Crippen LogP contribution in [0.15, 0.2) is 0 Å². The van der Waals surface area contributed by atoms with Gasteiger partial charge in [-0.05, 0) is 27.7 Å². The number of thiazole rings is 1. The van der Waals surface area contributed by atoms with Gasteiger partial charge in [0.1, 0.15) is 5.01 Å². The maximum atomic E-state index is 11.4. The zero-order valence-electron chi connectivity index (χ0n) is 11.0. The van der Waals surface area contributed by atoms with Crippen molar-refractivity contribution in [2.45, 2.75) is 46.7 Å². The second-order valence-corrected chi connectivity index (χ2v) is 5.69. The summed E-state index contributed by atoms with van der Waals surface area (Å²) < 4.78 is 0. The van der Waals surface area contributed by atoms with Crippen LogP contribution in [-0.2, 0) is 11.3 Å². The fourth-order valence-electron chi connectivity index (χ4n) is 1.41. The predicted molar refractivity (Wildman–Crippen MR) is 71.2 cm³/mol. The highest BCUT2D eigenvalue weighted by Gasteiger charge is 2.04. The normalized spacial score (nSPS) is 10.9. The number of amides is 1. The van der Waals surface area contributed by atoms with Crippen molar-refractivity contribution in [1.29, 1.82) is 0 Å². The second kappa shape index (κ2) is 6.71. The molecule has 0 fully saturated rings. The van der Waals surface area contributed by atoms with Crippen LogP contribution in [0.4, 0.5) is 0 Å². The van der Waals surface area contributed by atoms with Crippen LogP contribution >= 0.6 is 11.3 Å². The number of hydrogen-bond donors (Lipinski definition) is 2. The first-order valence-electron chi connectivity index (χ1n) is 5.92. The third-order valence-corrected chi connectivity index (χ3v) is 3.40. The van der Waals surface area contributed by atoms with Crippen molar-refractivity contribution in [3.63, 3.8) is 0 Å². The van der Waals surface area contributed by atoms with Crippen molar-refractivity contribution in [2.24, 2.45) is 0 Å². The Hall–Kier alpha value is -0.940. The number of carbonyl (C=O) groups is 1. The van der Waals surface area contributed by atoms with Gasteiger partial charge in [-0.1, -0.05) is 0 Å². The molecular weight excluding hydrogens is 234 g/mol. The molecule has 0 unspecified atom stereocenters. The molecule has 0 radical (unpaired) electrons. The van der Waals surface area contributed by atoms with Gasteiger partial charge in [-0.25, -0.2) is 4.98 Å². The van der Waals surface area contributed by atoms with E-state index in [1.54, 1.807) is 11.3 Å². The average Bonchev–Trinajstić information content (AvgIpc) is 2.52. The van der Waals surface area contributed by atoms with E-state index in [0.29, 0.717) is 13.0 Å². The van der Waals surface area contributed by atoms with Crippen LogP contribution in [0.3, 0.4) is 0 Å². The van der Waals surface area contributed by atoms with E-state index in [2.05, 4.69) is 22.5 Å². The third kappa shape index (κ3) is 5.28. The van der Waals surface area contributed by atoms with Crippen LogP contribution < -0.4 is 10.6 Å². The summed E-state index contributed by atoms with van der Waals surface area (Å²) in [6.45, 7) is 9.46. The van der Waals surface area contributed by atoms with Gasteiger partial charge in [0.25, 0.3) is 0 Å². The highest BCUT2D eigenvalue weighted by atomic mass is 32.1. The summed E-state index contributed by atoms with van der Waals surface area (Å²) >= 11 is 1.71. The summed E-state index contributed by atoms with van der Waals surface area (Å²) in [5.41, 5.74) is 1.10. The van der Waals surface area contributed by atoms with E-state index in [9.17, 15) is 4.79 Å². The number of aryl methyl sites for hydroxylation is 2. The standard InChI is InChI=1S/C12H21N3OS/c1-8(2)14-11(16)5-6-13-7-12-15-9(3)10(4)17-12/h8,13H,5-7H2,1-4H3,(H,14,16). The Kier molecular flexibility index (Phi) is 5.58. The molecule has 1 heterocycles. The number of nitrogens with zero attached hydrogens (tertiary/aromatic N) is 1. The molecule has 0 saturated carbocycles. The molecule has 0 atom stereocenters. The summed E-state index contributed by atoms with van der Waals surface area (Å²) in [6.07, 6.45) is 0.515. The third-order valence-electron chi connectivity index (χ3n) is 2.33. The molecule has 1 aromatic rings. The molecule has 17 heavy (non-hydrogen) atoms. The van der Waals surface area contributed by atoms with Gasteiger partial charge < -0.3 is 10.6 Å². The Morgan fingerprint density at radius 1 is 1.41 bits per heavy atom. The van der Waals surface area contributed by atoms with E-state index in [1.807, 2.05) is 20.8 Å². The van der Waals surface area contributed by atoms with Gasteiger partial charge in [0.05, 0.1) is 5.69 Å². The minimum Gasteiger partial charge on any atom is -0.354 e. The lowest BCUT2D eigenvalue weighted by molar-refractivity contribution is -0.121. The molecule has 0 aliphatic carbocycles. The molecule has 0 saturated heterocycles. The topological polar surface area (TPSA) is 54.0 Å². The monoisotopic (exact) mass is 255 g/mol. The van der Waals surface area contributed by atoms with Crippen molar-refractivity contribution in [2.75, 3.05) is 6.54 Å². The van der Waals surface area contributed by atoms with Gasteiger partial charge in [0.15, 0.2) is 0 Å². The fraction of sp³-hybridized carbons (Fsp3) is 0.667. The first kappa shape index (κ1) is 14.1. The summed E-state index contributed by atoms with van der Waals surface area (Å²) in [6, 6.07) is 0.215. The fourth-order valence-corrected chi connectivity index (χ4v) is 2.31. The van der Waals surface area contributed by atoms with E-state index in [1.165, 1.54) is 4.88 Å². The molecule has 5 heteroatoms. The van der Waals surface area contributed by atoms with Gasteiger partial charge in [-0.3, -0.25) is 4.79 Å². The van der Waals surface area contributed by atoms with Crippen molar-refractivity contribution < 1.29 is 4.79 Å². The average molecular weight is 255 g/mol. The first-order chi connectivity index (χ1) is 7.99. The van der Waals surface area contributed by atoms with Crippen molar-refractivity contribution in [1.82, 2.24) is 15.6 Å². The van der Waals surface area contributed by atoms with Crippen molar-refractivity contribution in [3.05, 3.63) is 15.6 Å². The van der Waals surface area contributed by atoms with E-state index in [-0.39, 0.29) is 11.9 Å². The van der Waals surface area contributed by atoms with E-state index < -0.39 is 0 Å². The van der Waals surface area contributed by atoms with E-state index in [0.717, 1.165) is 17.2 Å². The molecule has 4 nitrogen and oxygen atoms in total. The van der Waals surface area contributed by atoms with E-state index in [4.69, 9.17) is 0 Å². The zero-order chi connectivity index (χ0) is 12.8. The largest absolute Gasteiger partial charge is 0.354 e. The Morgan fingerprint density at radius 3 is 2.65 bits per heavy atom. The maximum absolute atomic E-state index is 11.4. The van der Waals surface area contributed by atoms with Crippen LogP contribution in [0.2, 0.25) is 0 Å². The molecule has 0 aliphatic rings. The van der Waals surface area contributed by atoms with E-state index >= 15 is 0 Å². The molecule has 1 amide bonds. The molecule has 1 rings (SSSR count). The Bertz CT molecular complexity index is 354. The lowest BCUT2D eigenvalue weighted by Crippen LogP contribution is -2.32. The Balaban J connectivity index is 2.18. The summed E-state index contributed by atoms with van der Waals surface area (Å²) in [5, 5.41) is 7.18. The van der Waals surface area contributed by atoms with Crippen molar-refractivity contribution in [3.8, 4) is 0 Å². The first-order valence-corrected chi connectivity index (χ1v) is 6.73. The number of carbonyl (C=O) groups excluding carboxylic acids is 1. The van der Waals surface area contributed by atoms with Gasteiger partial charge in [0, 0.05) is 30.4 Å². The SMILES string of the molecule is Cc1nc(CNCCC(=O)NC(C)C)sc1C. The summed E-state index contributed by atoms with van der Waals surface area (Å²) in [7, 11) is 0. The second-order valence-electron chi connectivity index (χ2n) is 4.40. The maximum Gasteiger partial charge on any atom is 0.221 e. The zero-order valence-corrected chi connectivity index (χ0v) is 11.8. The van der Waals surface area contributed by atoms with Crippen LogP contribution in [-0.4, -0.2) is 23.5 Å². The molecule has 2 N–H and O–H groups in total. The minimum atomic E-state index is 0.0963. The van der Waals surface area contributed by atoms with Crippen LogP contribution in [0.25, 0.3) is 0 Å². The van der Waals surface area contributed by atoms with Gasteiger partial charge in [0.2, 0.25) is 5.91 Å². The smallest absolute Gasteiger partial charge is 0.221 e. The Labute approximate surface area is 107 Å². The molecule has 0 spiro atoms. The number of nitrogens with one attached hydrogen (secondary N) is 2. The number of rotatable bonds is 6. The van der Waals surface area contributed by atoms with Crippen LogP contribution in [0, 0.1) is 13.8 Å². The highest BCUT2D eigenvalue weighted by Crippen LogP contribution is 2.15. The molecule has 0 aliphatic heterocycles. The minimum absolute atomic E-state index is 0.0963. The molecule has 0 aromatic carbocycles. The van der Waals surface area contributed by atoms with Gasteiger partial charge in [-0.15, -0.1) is 11.3 Å². The molecule has 0 bridgehead atoms. The lowest BCUT2D eigenvalue weighted by atomic mass is 10.3.